The first kappa shape index (κ1) is 12.2. The molecule has 0 aliphatic carbocycles. The molecule has 0 bridgehead atoms. The van der Waals surface area contributed by atoms with Crippen LogP contribution in [0.5, 0.6) is 0 Å². The molecule has 0 atom stereocenters. The quantitative estimate of drug-likeness (QED) is 0.302. The molecule has 0 saturated carbocycles. The molecule has 0 radical (unpaired) electrons. The van der Waals surface area contributed by atoms with Crippen LogP contribution in [0.3, 0.4) is 0 Å². The number of hydrogen-bond acceptors (Lipinski definition) is 0. The van der Waals surface area contributed by atoms with Crippen LogP contribution < -0.4 is 0 Å². The first-order valence-electron chi connectivity index (χ1n) is 5.18. The second-order valence-corrected chi connectivity index (χ2v) is 5.96. The van der Waals surface area contributed by atoms with E-state index < -0.39 is 0 Å². The van der Waals surface area contributed by atoms with Crippen molar-refractivity contribution in [3.05, 3.63) is 12.7 Å². The highest BCUT2D eigenvalue weighted by Crippen LogP contribution is 2.37. The van der Waals surface area contributed by atoms with Crippen molar-refractivity contribution in [2.75, 3.05) is 18.5 Å². The van der Waals surface area contributed by atoms with E-state index >= 15 is 0 Å². The Morgan fingerprint density at radius 1 is 1.08 bits per heavy atom. The van der Waals surface area contributed by atoms with Crippen molar-refractivity contribution < 1.29 is 0 Å². The normalized spacial score (nSPS) is 10.6. The molecule has 0 rings (SSSR count). The second kappa shape index (κ2) is 9.26. The van der Waals surface area contributed by atoms with Crippen molar-refractivity contribution in [1.82, 2.24) is 0 Å². The van der Waals surface area contributed by atoms with Gasteiger partial charge in [0.25, 0.3) is 0 Å². The van der Waals surface area contributed by atoms with E-state index in [0.717, 1.165) is 0 Å². The van der Waals surface area contributed by atoms with Crippen molar-refractivity contribution in [1.29, 1.82) is 0 Å². The van der Waals surface area contributed by atoms with Crippen LogP contribution in [0.1, 0.15) is 39.5 Å². The summed E-state index contributed by atoms with van der Waals surface area (Å²) in [7, 11) is 0.380. The molecule has 72 valence electrons. The van der Waals surface area contributed by atoms with Gasteiger partial charge in [0, 0.05) is 0 Å². The van der Waals surface area contributed by atoms with Gasteiger partial charge in [-0.2, -0.15) is 0 Å². The van der Waals surface area contributed by atoms with Crippen molar-refractivity contribution in [3.8, 4) is 0 Å². The summed E-state index contributed by atoms with van der Waals surface area (Å²) in [5.74, 6) is 0. The zero-order valence-electron chi connectivity index (χ0n) is 8.68. The van der Waals surface area contributed by atoms with Gasteiger partial charge in [0.15, 0.2) is 0 Å². The molecule has 0 heterocycles. The second-order valence-electron chi connectivity index (χ2n) is 3.27. The van der Waals surface area contributed by atoms with Gasteiger partial charge in [0.1, 0.15) is 0 Å². The highest BCUT2D eigenvalue weighted by atomic mass is 31.1. The molecule has 0 unspecified atom stereocenters. The van der Waals surface area contributed by atoms with Gasteiger partial charge in [0.05, 0.1) is 0 Å². The summed E-state index contributed by atoms with van der Waals surface area (Å²) in [5, 5.41) is 0. The average molecular weight is 186 g/mol. The average Bonchev–Trinajstić information content (AvgIpc) is 2.06. The van der Waals surface area contributed by atoms with Crippen LogP contribution >= 0.6 is 7.92 Å². The Labute approximate surface area is 79.2 Å². The Kier molecular flexibility index (Phi) is 9.39. The number of hydrogen-bond donors (Lipinski definition) is 0. The summed E-state index contributed by atoms with van der Waals surface area (Å²) in [6.45, 7) is 8.36. The fourth-order valence-corrected chi connectivity index (χ4v) is 3.99. The van der Waals surface area contributed by atoms with Crippen molar-refractivity contribution in [3.63, 3.8) is 0 Å². The van der Waals surface area contributed by atoms with Gasteiger partial charge in [-0.05, 0) is 31.3 Å². The third-order valence-electron chi connectivity index (χ3n) is 1.96. The van der Waals surface area contributed by atoms with Gasteiger partial charge in [0.2, 0.25) is 0 Å². The molecule has 1 heteroatoms. The van der Waals surface area contributed by atoms with Gasteiger partial charge in [-0.3, -0.25) is 0 Å². The van der Waals surface area contributed by atoms with Crippen LogP contribution in [-0.4, -0.2) is 18.5 Å². The molecule has 0 spiro atoms. The van der Waals surface area contributed by atoms with Crippen molar-refractivity contribution >= 4 is 7.92 Å². The lowest BCUT2D eigenvalue weighted by Gasteiger charge is -2.14. The third-order valence-corrected chi connectivity index (χ3v) is 5.07. The van der Waals surface area contributed by atoms with Gasteiger partial charge < -0.3 is 0 Å². The molecule has 0 aliphatic rings. The minimum atomic E-state index is 0.380. The summed E-state index contributed by atoms with van der Waals surface area (Å²) >= 11 is 0. The van der Waals surface area contributed by atoms with Crippen LogP contribution in [0, 0.1) is 0 Å². The molecular formula is C11H23P. The lowest BCUT2D eigenvalue weighted by Crippen LogP contribution is -1.93. The van der Waals surface area contributed by atoms with Crippen LogP contribution in [-0.2, 0) is 0 Å². The SMILES string of the molecule is C=CCCCP(CCC)CCC. The topological polar surface area (TPSA) is 0 Å². The molecule has 12 heavy (non-hydrogen) atoms. The number of unbranched alkanes of at least 4 members (excludes halogenated alkanes) is 1. The van der Waals surface area contributed by atoms with Crippen LogP contribution in [0.25, 0.3) is 0 Å². The zero-order valence-corrected chi connectivity index (χ0v) is 9.58. The predicted molar refractivity (Wildman–Crippen MR) is 61.5 cm³/mol. The van der Waals surface area contributed by atoms with E-state index in [2.05, 4.69) is 20.4 Å². The maximum absolute atomic E-state index is 3.76. The van der Waals surface area contributed by atoms with E-state index in [1.807, 2.05) is 6.08 Å². The molecule has 0 aliphatic heterocycles. The minimum absolute atomic E-state index is 0.380. The van der Waals surface area contributed by atoms with E-state index in [4.69, 9.17) is 0 Å². The van der Waals surface area contributed by atoms with E-state index in [-0.39, 0.29) is 0 Å². The molecule has 0 amide bonds. The fourth-order valence-electron chi connectivity index (χ4n) is 1.43. The first-order chi connectivity index (χ1) is 5.85. The van der Waals surface area contributed by atoms with Gasteiger partial charge in [-0.15, -0.1) is 14.5 Å². The molecule has 0 aromatic carbocycles. The van der Waals surface area contributed by atoms with Crippen LogP contribution in [0.2, 0.25) is 0 Å². The van der Waals surface area contributed by atoms with Crippen molar-refractivity contribution in [2.45, 2.75) is 39.5 Å². The lowest BCUT2D eigenvalue weighted by molar-refractivity contribution is 0.949. The van der Waals surface area contributed by atoms with E-state index in [9.17, 15) is 0 Å². The largest absolute Gasteiger partial charge is 0.107 e. The predicted octanol–water partition coefficient (Wildman–Crippen LogP) is 4.25. The summed E-state index contributed by atoms with van der Waals surface area (Å²) in [6, 6.07) is 0. The number of rotatable bonds is 8. The lowest BCUT2D eigenvalue weighted by atomic mass is 10.3. The molecule has 0 N–H and O–H groups in total. The Morgan fingerprint density at radius 3 is 2.08 bits per heavy atom. The van der Waals surface area contributed by atoms with Gasteiger partial charge >= 0.3 is 0 Å². The van der Waals surface area contributed by atoms with Crippen LogP contribution in [0.15, 0.2) is 12.7 Å². The fraction of sp³-hybridized carbons (Fsp3) is 0.818. The highest BCUT2D eigenvalue weighted by Gasteiger charge is 2.03. The smallest absolute Gasteiger partial charge is 0.0323 e. The summed E-state index contributed by atoms with van der Waals surface area (Å²) < 4.78 is 0. The number of allylic oxidation sites excluding steroid dienone is 1. The summed E-state index contributed by atoms with van der Waals surface area (Å²) in [6.07, 6.45) is 11.8. The molecule has 0 fully saturated rings. The van der Waals surface area contributed by atoms with E-state index in [0.29, 0.717) is 7.92 Å². The first-order valence-corrected chi connectivity index (χ1v) is 7.08. The zero-order chi connectivity index (χ0) is 9.23. The molecule has 0 aromatic rings. The summed E-state index contributed by atoms with van der Waals surface area (Å²) in [4.78, 5) is 0. The van der Waals surface area contributed by atoms with Crippen LogP contribution in [0.4, 0.5) is 0 Å². The highest BCUT2D eigenvalue weighted by molar-refractivity contribution is 7.57. The Morgan fingerprint density at radius 2 is 1.67 bits per heavy atom. The van der Waals surface area contributed by atoms with E-state index in [1.165, 1.54) is 44.2 Å². The molecule has 0 nitrogen and oxygen atoms in total. The van der Waals surface area contributed by atoms with Gasteiger partial charge in [-0.25, -0.2) is 0 Å². The van der Waals surface area contributed by atoms with Crippen molar-refractivity contribution in [2.24, 2.45) is 0 Å². The molecule has 0 aromatic heterocycles. The monoisotopic (exact) mass is 186 g/mol. The molecular weight excluding hydrogens is 163 g/mol. The molecule has 0 saturated heterocycles. The third kappa shape index (κ3) is 6.85. The Hall–Kier alpha value is 0.170. The maximum atomic E-state index is 3.76. The maximum Gasteiger partial charge on any atom is -0.0323 e. The Bertz CT molecular complexity index is 93.2. The standard InChI is InChI=1S/C11H23P/c1-4-7-8-11-12(9-5-2)10-6-3/h4H,1,5-11H2,2-3H3. The van der Waals surface area contributed by atoms with Gasteiger partial charge in [-0.1, -0.05) is 32.8 Å². The van der Waals surface area contributed by atoms with E-state index in [1.54, 1.807) is 0 Å². The minimum Gasteiger partial charge on any atom is -0.107 e. The summed E-state index contributed by atoms with van der Waals surface area (Å²) in [5.41, 5.74) is 0. The Balaban J connectivity index is 3.40.